The van der Waals surface area contributed by atoms with Gasteiger partial charge in [0, 0.05) is 12.1 Å². The number of nitrogens with two attached hydrogens (primary N) is 1. The highest BCUT2D eigenvalue weighted by molar-refractivity contribution is 5.17. The van der Waals surface area contributed by atoms with Crippen LogP contribution in [0.25, 0.3) is 0 Å². The molecule has 0 amide bonds. The van der Waals surface area contributed by atoms with Gasteiger partial charge in [0.05, 0.1) is 0 Å². The first-order chi connectivity index (χ1) is 7.75. The van der Waals surface area contributed by atoms with E-state index in [-0.39, 0.29) is 5.82 Å². The van der Waals surface area contributed by atoms with E-state index in [1.807, 2.05) is 12.1 Å². The van der Waals surface area contributed by atoms with Gasteiger partial charge in [-0.2, -0.15) is 0 Å². The van der Waals surface area contributed by atoms with E-state index in [4.69, 9.17) is 5.73 Å². The Bertz CT molecular complexity index is 340. The van der Waals surface area contributed by atoms with Crippen LogP contribution in [-0.4, -0.2) is 18.6 Å². The highest BCUT2D eigenvalue weighted by atomic mass is 19.1. The molecule has 1 saturated carbocycles. The van der Waals surface area contributed by atoms with Gasteiger partial charge in [-0.3, -0.25) is 0 Å². The Morgan fingerprint density at radius 3 is 2.81 bits per heavy atom. The normalized spacial score (nSPS) is 24.9. The maximum atomic E-state index is 13.3. The number of hydrogen-bond donors (Lipinski definition) is 2. The third-order valence-corrected chi connectivity index (χ3v) is 3.26. The Hall–Kier alpha value is -0.930. The predicted molar refractivity (Wildman–Crippen MR) is 63.7 cm³/mol. The summed E-state index contributed by atoms with van der Waals surface area (Å²) in [5.74, 6) is -0.104. The van der Waals surface area contributed by atoms with Crippen LogP contribution in [-0.2, 0) is 6.42 Å². The van der Waals surface area contributed by atoms with Crippen molar-refractivity contribution in [1.29, 1.82) is 0 Å². The van der Waals surface area contributed by atoms with E-state index in [0.717, 1.165) is 37.8 Å². The predicted octanol–water partition coefficient (Wildman–Crippen LogP) is 1.84. The van der Waals surface area contributed by atoms with Crippen molar-refractivity contribution in [3.05, 3.63) is 35.6 Å². The quantitative estimate of drug-likeness (QED) is 0.815. The minimum Gasteiger partial charge on any atom is -0.328 e. The summed E-state index contributed by atoms with van der Waals surface area (Å²) in [5, 5.41) is 3.44. The van der Waals surface area contributed by atoms with Crippen LogP contribution in [0.1, 0.15) is 24.8 Å². The molecule has 2 nitrogen and oxygen atoms in total. The molecule has 2 unspecified atom stereocenters. The Kier molecular flexibility index (Phi) is 3.91. The van der Waals surface area contributed by atoms with Crippen LogP contribution >= 0.6 is 0 Å². The average molecular weight is 222 g/mol. The number of rotatable bonds is 4. The van der Waals surface area contributed by atoms with Crippen molar-refractivity contribution in [3.8, 4) is 0 Å². The fourth-order valence-corrected chi connectivity index (χ4v) is 2.31. The molecule has 0 heterocycles. The zero-order valence-corrected chi connectivity index (χ0v) is 9.45. The van der Waals surface area contributed by atoms with Gasteiger partial charge >= 0.3 is 0 Å². The Labute approximate surface area is 96.0 Å². The van der Waals surface area contributed by atoms with Gasteiger partial charge in [-0.05, 0) is 43.9 Å². The second-order valence-electron chi connectivity index (χ2n) is 4.57. The smallest absolute Gasteiger partial charge is 0.126 e. The van der Waals surface area contributed by atoms with E-state index in [2.05, 4.69) is 5.32 Å². The SMILES string of the molecule is NC1CCC(NCCc2ccccc2F)C1. The van der Waals surface area contributed by atoms with E-state index >= 15 is 0 Å². The van der Waals surface area contributed by atoms with Gasteiger partial charge in [-0.25, -0.2) is 4.39 Å². The van der Waals surface area contributed by atoms with E-state index in [1.54, 1.807) is 6.07 Å². The highest BCUT2D eigenvalue weighted by Gasteiger charge is 2.20. The number of nitrogens with one attached hydrogen (secondary N) is 1. The maximum Gasteiger partial charge on any atom is 0.126 e. The van der Waals surface area contributed by atoms with Crippen LogP contribution in [0, 0.1) is 5.82 Å². The first kappa shape index (κ1) is 11.6. The summed E-state index contributed by atoms with van der Waals surface area (Å²) in [6.07, 6.45) is 4.06. The van der Waals surface area contributed by atoms with Crippen molar-refractivity contribution in [1.82, 2.24) is 5.32 Å². The Morgan fingerprint density at radius 2 is 2.12 bits per heavy atom. The fraction of sp³-hybridized carbons (Fsp3) is 0.538. The lowest BCUT2D eigenvalue weighted by molar-refractivity contribution is 0.514. The molecule has 3 heteroatoms. The standard InChI is InChI=1S/C13H19FN2/c14-13-4-2-1-3-10(13)7-8-16-12-6-5-11(15)9-12/h1-4,11-12,16H,5-9,15H2. The molecule has 0 spiro atoms. The molecular formula is C13H19FN2. The molecule has 0 radical (unpaired) electrons. The van der Waals surface area contributed by atoms with Gasteiger partial charge in [0.25, 0.3) is 0 Å². The van der Waals surface area contributed by atoms with E-state index in [1.165, 1.54) is 6.07 Å². The van der Waals surface area contributed by atoms with E-state index < -0.39 is 0 Å². The number of hydrogen-bond acceptors (Lipinski definition) is 2. The first-order valence-corrected chi connectivity index (χ1v) is 5.98. The number of benzene rings is 1. The molecular weight excluding hydrogens is 203 g/mol. The van der Waals surface area contributed by atoms with E-state index in [0.29, 0.717) is 12.1 Å². The Balaban J connectivity index is 1.74. The summed E-state index contributed by atoms with van der Waals surface area (Å²) in [6.45, 7) is 0.832. The van der Waals surface area contributed by atoms with Crippen molar-refractivity contribution in [3.63, 3.8) is 0 Å². The lowest BCUT2D eigenvalue weighted by Crippen LogP contribution is -2.30. The molecule has 1 aliphatic carbocycles. The van der Waals surface area contributed by atoms with Crippen molar-refractivity contribution in [2.24, 2.45) is 5.73 Å². The maximum absolute atomic E-state index is 13.3. The van der Waals surface area contributed by atoms with Crippen LogP contribution in [0.5, 0.6) is 0 Å². The lowest BCUT2D eigenvalue weighted by Gasteiger charge is -2.12. The second kappa shape index (κ2) is 5.41. The van der Waals surface area contributed by atoms with Gasteiger partial charge in [0.2, 0.25) is 0 Å². The van der Waals surface area contributed by atoms with Gasteiger partial charge in [0.15, 0.2) is 0 Å². The molecule has 16 heavy (non-hydrogen) atoms. The molecule has 0 aromatic heterocycles. The minimum absolute atomic E-state index is 0.104. The van der Waals surface area contributed by atoms with Crippen LogP contribution in [0.3, 0.4) is 0 Å². The first-order valence-electron chi connectivity index (χ1n) is 5.98. The van der Waals surface area contributed by atoms with Gasteiger partial charge in [0.1, 0.15) is 5.82 Å². The summed E-state index contributed by atoms with van der Waals surface area (Å²) in [6, 6.07) is 7.84. The van der Waals surface area contributed by atoms with Crippen LogP contribution in [0.4, 0.5) is 4.39 Å². The molecule has 1 aromatic carbocycles. The van der Waals surface area contributed by atoms with Gasteiger partial charge in [-0.1, -0.05) is 18.2 Å². The van der Waals surface area contributed by atoms with Crippen molar-refractivity contribution in [2.75, 3.05) is 6.54 Å². The topological polar surface area (TPSA) is 38.0 Å². The van der Waals surface area contributed by atoms with Crippen molar-refractivity contribution >= 4 is 0 Å². The molecule has 2 rings (SSSR count). The van der Waals surface area contributed by atoms with Crippen molar-refractivity contribution < 1.29 is 4.39 Å². The van der Waals surface area contributed by atoms with E-state index in [9.17, 15) is 4.39 Å². The van der Waals surface area contributed by atoms with Crippen LogP contribution in [0.2, 0.25) is 0 Å². The van der Waals surface area contributed by atoms with Crippen molar-refractivity contribution in [2.45, 2.75) is 37.8 Å². The highest BCUT2D eigenvalue weighted by Crippen LogP contribution is 2.17. The zero-order valence-electron chi connectivity index (χ0n) is 9.45. The molecule has 88 valence electrons. The summed E-state index contributed by atoms with van der Waals surface area (Å²) in [4.78, 5) is 0. The molecule has 0 bridgehead atoms. The summed E-state index contributed by atoms with van der Waals surface area (Å²) >= 11 is 0. The third kappa shape index (κ3) is 3.03. The largest absolute Gasteiger partial charge is 0.328 e. The average Bonchev–Trinajstić information content (AvgIpc) is 2.67. The monoisotopic (exact) mass is 222 g/mol. The third-order valence-electron chi connectivity index (χ3n) is 3.26. The second-order valence-corrected chi connectivity index (χ2v) is 4.57. The fourth-order valence-electron chi connectivity index (χ4n) is 2.31. The minimum atomic E-state index is -0.104. The molecule has 2 atom stereocenters. The van der Waals surface area contributed by atoms with Crippen LogP contribution < -0.4 is 11.1 Å². The molecule has 1 aliphatic rings. The Morgan fingerprint density at radius 1 is 1.31 bits per heavy atom. The number of halogens is 1. The van der Waals surface area contributed by atoms with Gasteiger partial charge in [-0.15, -0.1) is 0 Å². The summed E-state index contributed by atoms with van der Waals surface area (Å²) in [7, 11) is 0. The molecule has 0 saturated heterocycles. The lowest BCUT2D eigenvalue weighted by atomic mass is 10.1. The zero-order chi connectivity index (χ0) is 11.4. The molecule has 1 fully saturated rings. The molecule has 1 aromatic rings. The summed E-state index contributed by atoms with van der Waals surface area (Å²) in [5.41, 5.74) is 6.62. The molecule has 3 N–H and O–H groups in total. The van der Waals surface area contributed by atoms with Crippen LogP contribution in [0.15, 0.2) is 24.3 Å². The molecule has 0 aliphatic heterocycles. The summed E-state index contributed by atoms with van der Waals surface area (Å²) < 4.78 is 13.3. The van der Waals surface area contributed by atoms with Gasteiger partial charge < -0.3 is 11.1 Å².